The minimum atomic E-state index is -3.66. The Morgan fingerprint density at radius 1 is 1.44 bits per heavy atom. The zero-order chi connectivity index (χ0) is 12.2. The van der Waals surface area contributed by atoms with Crippen LogP contribution in [-0.4, -0.2) is 37.4 Å². The van der Waals surface area contributed by atoms with Gasteiger partial charge in [0, 0.05) is 0 Å². The Morgan fingerprint density at radius 3 is 2.44 bits per heavy atom. The lowest BCUT2D eigenvalue weighted by Crippen LogP contribution is -2.53. The molecule has 1 heterocycles. The second kappa shape index (κ2) is 5.24. The molecule has 92 valence electrons. The summed E-state index contributed by atoms with van der Waals surface area (Å²) in [7, 11) is -3.66. The summed E-state index contributed by atoms with van der Waals surface area (Å²) in [4.78, 5) is 0. The van der Waals surface area contributed by atoms with Crippen molar-refractivity contribution in [2.24, 2.45) is 0 Å². The van der Waals surface area contributed by atoms with Gasteiger partial charge >= 0.3 is 0 Å². The minimum absolute atomic E-state index is 0.173. The van der Waals surface area contributed by atoms with Crippen molar-refractivity contribution in [3.05, 3.63) is 17.5 Å². The number of nitrogens with one attached hydrogen (secondary N) is 1. The molecule has 1 aromatic rings. The van der Waals surface area contributed by atoms with Crippen molar-refractivity contribution >= 4 is 21.4 Å². The number of aliphatic hydroxyl groups is 2. The summed E-state index contributed by atoms with van der Waals surface area (Å²) in [5, 5.41) is 20.0. The van der Waals surface area contributed by atoms with Gasteiger partial charge in [0.15, 0.2) is 0 Å². The van der Waals surface area contributed by atoms with E-state index in [1.54, 1.807) is 18.4 Å². The first-order chi connectivity index (χ1) is 7.49. The van der Waals surface area contributed by atoms with Gasteiger partial charge in [-0.05, 0) is 17.9 Å². The Labute approximate surface area is 98.8 Å². The molecule has 0 aliphatic heterocycles. The maximum atomic E-state index is 11.9. The highest BCUT2D eigenvalue weighted by atomic mass is 32.2. The zero-order valence-electron chi connectivity index (χ0n) is 8.88. The van der Waals surface area contributed by atoms with Crippen LogP contribution in [0.2, 0.25) is 0 Å². The summed E-state index contributed by atoms with van der Waals surface area (Å²) in [6.07, 6.45) is 0.310. The quantitative estimate of drug-likeness (QED) is 0.684. The average molecular weight is 265 g/mol. The van der Waals surface area contributed by atoms with Crippen LogP contribution in [0.25, 0.3) is 0 Å². The van der Waals surface area contributed by atoms with Crippen molar-refractivity contribution in [2.45, 2.75) is 23.1 Å². The molecule has 7 heteroatoms. The second-order valence-electron chi connectivity index (χ2n) is 3.49. The van der Waals surface area contributed by atoms with E-state index in [4.69, 9.17) is 10.2 Å². The number of sulfonamides is 1. The van der Waals surface area contributed by atoms with Crippen LogP contribution in [0, 0.1) is 0 Å². The molecule has 0 unspecified atom stereocenters. The van der Waals surface area contributed by atoms with Crippen molar-refractivity contribution in [1.82, 2.24) is 4.72 Å². The molecule has 0 aliphatic carbocycles. The number of hydrogen-bond acceptors (Lipinski definition) is 5. The van der Waals surface area contributed by atoms with Crippen LogP contribution in [0.15, 0.2) is 21.7 Å². The maximum absolute atomic E-state index is 11.9. The monoisotopic (exact) mass is 265 g/mol. The van der Waals surface area contributed by atoms with Gasteiger partial charge in [-0.3, -0.25) is 0 Å². The highest BCUT2D eigenvalue weighted by Gasteiger charge is 2.32. The van der Waals surface area contributed by atoms with E-state index in [2.05, 4.69) is 4.72 Å². The van der Waals surface area contributed by atoms with E-state index in [0.717, 1.165) is 11.3 Å². The van der Waals surface area contributed by atoms with Crippen LogP contribution in [-0.2, 0) is 10.0 Å². The van der Waals surface area contributed by atoms with Crippen molar-refractivity contribution in [2.75, 3.05) is 13.2 Å². The Morgan fingerprint density at radius 2 is 2.06 bits per heavy atom. The molecule has 0 spiro atoms. The highest BCUT2D eigenvalue weighted by molar-refractivity contribution is 7.91. The molecule has 0 radical (unpaired) electrons. The lowest BCUT2D eigenvalue weighted by molar-refractivity contribution is 0.105. The van der Waals surface area contributed by atoms with Gasteiger partial charge in [0.2, 0.25) is 0 Å². The van der Waals surface area contributed by atoms with Crippen molar-refractivity contribution in [3.8, 4) is 0 Å². The molecule has 0 aromatic carbocycles. The normalized spacial score (nSPS) is 12.9. The summed E-state index contributed by atoms with van der Waals surface area (Å²) < 4.78 is 26.2. The van der Waals surface area contributed by atoms with Gasteiger partial charge in [0.25, 0.3) is 10.0 Å². The van der Waals surface area contributed by atoms with E-state index in [0.29, 0.717) is 6.42 Å². The standard InChI is InChI=1S/C9H15NO4S2/c1-2-9(6-11,7-12)10-16(13,14)8-4-3-5-15-8/h3-5,10-12H,2,6-7H2,1H3. The predicted molar refractivity (Wildman–Crippen MR) is 61.8 cm³/mol. The largest absolute Gasteiger partial charge is 0.394 e. The van der Waals surface area contributed by atoms with E-state index in [1.165, 1.54) is 6.07 Å². The summed E-state index contributed by atoms with van der Waals surface area (Å²) in [6, 6.07) is 3.10. The van der Waals surface area contributed by atoms with Gasteiger partial charge in [-0.15, -0.1) is 11.3 Å². The molecule has 0 saturated heterocycles. The number of thiophene rings is 1. The molecular weight excluding hydrogens is 250 g/mol. The van der Waals surface area contributed by atoms with E-state index < -0.39 is 28.8 Å². The second-order valence-corrected chi connectivity index (χ2v) is 6.34. The third-order valence-corrected chi connectivity index (χ3v) is 5.37. The first-order valence-electron chi connectivity index (χ1n) is 4.79. The SMILES string of the molecule is CCC(CO)(CO)NS(=O)(=O)c1cccs1. The van der Waals surface area contributed by atoms with E-state index in [1.807, 2.05) is 0 Å². The lowest BCUT2D eigenvalue weighted by Gasteiger charge is -2.28. The molecule has 16 heavy (non-hydrogen) atoms. The lowest BCUT2D eigenvalue weighted by atomic mass is 10.0. The van der Waals surface area contributed by atoms with Gasteiger partial charge in [0.1, 0.15) is 4.21 Å². The Kier molecular flexibility index (Phi) is 4.45. The van der Waals surface area contributed by atoms with Gasteiger partial charge in [-0.2, -0.15) is 4.72 Å². The van der Waals surface area contributed by atoms with Gasteiger partial charge in [0.05, 0.1) is 18.8 Å². The predicted octanol–water partition coefficient (Wildman–Crippen LogP) is 0.160. The maximum Gasteiger partial charge on any atom is 0.250 e. The van der Waals surface area contributed by atoms with Crippen LogP contribution in [0.4, 0.5) is 0 Å². The van der Waals surface area contributed by atoms with E-state index >= 15 is 0 Å². The molecule has 1 rings (SSSR count). The van der Waals surface area contributed by atoms with E-state index in [-0.39, 0.29) is 4.21 Å². The van der Waals surface area contributed by atoms with Gasteiger partial charge in [-0.25, -0.2) is 8.42 Å². The molecule has 0 bridgehead atoms. The third-order valence-electron chi connectivity index (χ3n) is 2.39. The molecule has 0 aliphatic rings. The summed E-state index contributed by atoms with van der Waals surface area (Å²) in [5.41, 5.74) is -1.19. The zero-order valence-corrected chi connectivity index (χ0v) is 10.5. The van der Waals surface area contributed by atoms with Crippen LogP contribution in [0.5, 0.6) is 0 Å². The summed E-state index contributed by atoms with van der Waals surface area (Å²) in [6.45, 7) is 0.818. The average Bonchev–Trinajstić information content (AvgIpc) is 2.80. The van der Waals surface area contributed by atoms with Crippen LogP contribution in [0.1, 0.15) is 13.3 Å². The number of rotatable bonds is 6. The molecule has 1 aromatic heterocycles. The Balaban J connectivity index is 2.96. The van der Waals surface area contributed by atoms with Crippen LogP contribution >= 0.6 is 11.3 Å². The molecule has 3 N–H and O–H groups in total. The molecule has 0 fully saturated rings. The van der Waals surface area contributed by atoms with Gasteiger partial charge in [-0.1, -0.05) is 13.0 Å². The molecule has 0 saturated carbocycles. The molecular formula is C9H15NO4S2. The summed E-state index contributed by atoms with van der Waals surface area (Å²) >= 11 is 1.09. The first kappa shape index (κ1) is 13.6. The molecule has 0 amide bonds. The topological polar surface area (TPSA) is 86.6 Å². The fourth-order valence-corrected chi connectivity index (χ4v) is 3.61. The molecule has 0 atom stereocenters. The van der Waals surface area contributed by atoms with Crippen molar-refractivity contribution in [3.63, 3.8) is 0 Å². The Bertz CT molecular complexity index is 400. The smallest absolute Gasteiger partial charge is 0.250 e. The third kappa shape index (κ3) is 2.80. The highest BCUT2D eigenvalue weighted by Crippen LogP contribution is 2.19. The van der Waals surface area contributed by atoms with Gasteiger partial charge < -0.3 is 10.2 Å². The van der Waals surface area contributed by atoms with Crippen LogP contribution < -0.4 is 4.72 Å². The Hall–Kier alpha value is -0.470. The van der Waals surface area contributed by atoms with E-state index in [9.17, 15) is 8.42 Å². The fourth-order valence-electron chi connectivity index (χ4n) is 1.16. The van der Waals surface area contributed by atoms with Crippen molar-refractivity contribution < 1.29 is 18.6 Å². The van der Waals surface area contributed by atoms with Crippen molar-refractivity contribution in [1.29, 1.82) is 0 Å². The fraction of sp³-hybridized carbons (Fsp3) is 0.556. The van der Waals surface area contributed by atoms with Crippen LogP contribution in [0.3, 0.4) is 0 Å². The molecule has 5 nitrogen and oxygen atoms in total. The number of hydrogen-bond donors (Lipinski definition) is 3. The number of aliphatic hydroxyl groups excluding tert-OH is 2. The first-order valence-corrected chi connectivity index (χ1v) is 7.15. The minimum Gasteiger partial charge on any atom is -0.394 e. The summed E-state index contributed by atoms with van der Waals surface area (Å²) in [5.74, 6) is 0.